The number of hydrogen-bond donors (Lipinski definition) is 0. The molecule has 3 aromatic rings. The highest BCUT2D eigenvalue weighted by Crippen LogP contribution is 2.51. The molecule has 0 N–H and O–H groups in total. The number of rotatable bonds is 4. The van der Waals surface area contributed by atoms with Crippen LogP contribution in [0.5, 0.6) is 0 Å². The first kappa shape index (κ1) is 20.9. The second kappa shape index (κ2) is 8.50. The lowest BCUT2D eigenvalue weighted by Crippen LogP contribution is -2.34. The molecule has 0 spiro atoms. The van der Waals surface area contributed by atoms with Gasteiger partial charge in [0.05, 0.1) is 25.5 Å². The summed E-state index contributed by atoms with van der Waals surface area (Å²) in [5.74, 6) is 0. The van der Waals surface area contributed by atoms with E-state index >= 15 is 0 Å². The minimum absolute atomic E-state index is 0.718. The van der Waals surface area contributed by atoms with Crippen LogP contribution < -0.4 is 9.38 Å². The average molecular weight is 438 g/mol. The monoisotopic (exact) mass is 437 g/mol. The first-order valence-corrected chi connectivity index (χ1v) is 12.0. The number of para-hydroxylation sites is 2. The van der Waals surface area contributed by atoms with E-state index in [9.17, 15) is 0 Å². The summed E-state index contributed by atoms with van der Waals surface area (Å²) in [7, 11) is 4.50. The van der Waals surface area contributed by atoms with Crippen LogP contribution in [-0.4, -0.2) is 14.1 Å². The zero-order chi connectivity index (χ0) is 22.1. The molecule has 1 aliphatic carbocycles. The third-order valence-corrected chi connectivity index (χ3v) is 7.37. The summed E-state index contributed by atoms with van der Waals surface area (Å²) in [4.78, 5) is 4.96. The van der Waals surface area contributed by atoms with Crippen LogP contribution in [0.15, 0.2) is 118 Å². The van der Waals surface area contributed by atoms with Gasteiger partial charge in [0, 0.05) is 33.2 Å². The quantitative estimate of drug-likeness (QED) is 0.295. The Balaban J connectivity index is 1.49. The van der Waals surface area contributed by atoms with Gasteiger partial charge in [-0.05, 0) is 61.7 Å². The standard InChI is InChI=1S/C29H29N2S/c1-22(23-11-5-4-6-12-23)21-31(2,3)25-19-17-24(18-20-25)30-26-13-7-9-15-28(26)32-29-16-10-8-14-27(29)30/h4-5,7-11,13-21H,6,12H2,1-3H3/q+1. The lowest BCUT2D eigenvalue weighted by molar-refractivity contribution is 0.535. The highest BCUT2D eigenvalue weighted by atomic mass is 32.2. The molecule has 0 saturated carbocycles. The Bertz CT molecular complexity index is 1190. The Labute approximate surface area is 195 Å². The van der Waals surface area contributed by atoms with Gasteiger partial charge < -0.3 is 4.90 Å². The van der Waals surface area contributed by atoms with Crippen LogP contribution in [0, 0.1) is 0 Å². The van der Waals surface area contributed by atoms with E-state index in [1.807, 2.05) is 11.8 Å². The Kier molecular flexibility index (Phi) is 5.54. The van der Waals surface area contributed by atoms with E-state index in [-0.39, 0.29) is 0 Å². The molecule has 0 amide bonds. The van der Waals surface area contributed by atoms with Crippen LogP contribution in [0.1, 0.15) is 19.8 Å². The number of benzene rings is 3. The fourth-order valence-electron chi connectivity index (χ4n) is 4.54. The van der Waals surface area contributed by atoms with Gasteiger partial charge in [0.1, 0.15) is 11.9 Å². The molecule has 1 heterocycles. The highest BCUT2D eigenvalue weighted by Gasteiger charge is 2.25. The molecule has 0 fully saturated rings. The van der Waals surface area contributed by atoms with Crippen molar-refractivity contribution in [2.24, 2.45) is 0 Å². The molecule has 160 valence electrons. The maximum Gasteiger partial charge on any atom is 0.137 e. The molecule has 3 aromatic carbocycles. The number of allylic oxidation sites excluding steroid dienone is 5. The van der Waals surface area contributed by atoms with Crippen molar-refractivity contribution in [2.45, 2.75) is 29.6 Å². The van der Waals surface area contributed by atoms with Gasteiger partial charge in [-0.15, -0.1) is 0 Å². The van der Waals surface area contributed by atoms with Gasteiger partial charge in [0.2, 0.25) is 0 Å². The maximum absolute atomic E-state index is 2.38. The van der Waals surface area contributed by atoms with Crippen molar-refractivity contribution in [3.8, 4) is 0 Å². The van der Waals surface area contributed by atoms with Gasteiger partial charge >= 0.3 is 0 Å². The summed E-state index contributed by atoms with van der Waals surface area (Å²) in [5.41, 5.74) is 7.74. The van der Waals surface area contributed by atoms with E-state index in [1.165, 1.54) is 43.7 Å². The second-order valence-electron chi connectivity index (χ2n) is 8.90. The number of fused-ring (bicyclic) bond motifs is 2. The van der Waals surface area contributed by atoms with Crippen LogP contribution >= 0.6 is 11.8 Å². The molecule has 1 aliphatic heterocycles. The first-order chi connectivity index (χ1) is 15.5. The number of nitrogens with zero attached hydrogens (tertiary/aromatic N) is 2. The van der Waals surface area contributed by atoms with Crippen molar-refractivity contribution in [3.63, 3.8) is 0 Å². The van der Waals surface area contributed by atoms with Crippen molar-refractivity contribution in [3.05, 3.63) is 108 Å². The molecular formula is C29H29N2S+. The summed E-state index contributed by atoms with van der Waals surface area (Å²) >= 11 is 1.85. The molecule has 0 unspecified atom stereocenters. The van der Waals surface area contributed by atoms with E-state index < -0.39 is 0 Å². The predicted molar refractivity (Wildman–Crippen MR) is 139 cm³/mol. The summed E-state index contributed by atoms with van der Waals surface area (Å²) in [6, 6.07) is 26.4. The number of hydrogen-bond acceptors (Lipinski definition) is 2. The van der Waals surface area contributed by atoms with Crippen LogP contribution in [0.4, 0.5) is 22.7 Å². The number of anilines is 3. The minimum Gasteiger partial charge on any atom is -0.308 e. The van der Waals surface area contributed by atoms with Crippen molar-refractivity contribution >= 4 is 34.5 Å². The van der Waals surface area contributed by atoms with Crippen molar-refractivity contribution in [2.75, 3.05) is 19.0 Å². The van der Waals surface area contributed by atoms with Gasteiger partial charge in [0.25, 0.3) is 0 Å². The predicted octanol–water partition coefficient (Wildman–Crippen LogP) is 8.37. The zero-order valence-corrected chi connectivity index (χ0v) is 19.8. The molecule has 0 radical (unpaired) electrons. The number of quaternary nitrogens is 1. The topological polar surface area (TPSA) is 3.24 Å². The Hall–Kier alpha value is -3.01. The molecule has 2 nitrogen and oxygen atoms in total. The molecule has 0 bridgehead atoms. The Morgan fingerprint density at radius 2 is 1.50 bits per heavy atom. The van der Waals surface area contributed by atoms with E-state index in [1.54, 1.807) is 0 Å². The zero-order valence-electron chi connectivity index (χ0n) is 19.0. The third kappa shape index (κ3) is 3.94. The minimum atomic E-state index is 0.718. The van der Waals surface area contributed by atoms with Crippen LogP contribution in [0.3, 0.4) is 0 Å². The van der Waals surface area contributed by atoms with E-state index in [4.69, 9.17) is 0 Å². The summed E-state index contributed by atoms with van der Waals surface area (Å²) in [6.45, 7) is 2.23. The van der Waals surface area contributed by atoms with Crippen LogP contribution in [0.25, 0.3) is 0 Å². The van der Waals surface area contributed by atoms with E-state index in [0.717, 1.165) is 17.3 Å². The van der Waals surface area contributed by atoms with Gasteiger partial charge in [-0.3, -0.25) is 4.48 Å². The summed E-state index contributed by atoms with van der Waals surface area (Å²) < 4.78 is 0.718. The molecule has 0 atom stereocenters. The van der Waals surface area contributed by atoms with Gasteiger partial charge in [-0.25, -0.2) is 0 Å². The van der Waals surface area contributed by atoms with Crippen LogP contribution in [-0.2, 0) is 0 Å². The molecule has 2 aliphatic rings. The average Bonchev–Trinajstić information content (AvgIpc) is 2.83. The first-order valence-electron chi connectivity index (χ1n) is 11.2. The Morgan fingerprint density at radius 1 is 0.875 bits per heavy atom. The van der Waals surface area contributed by atoms with Gasteiger partial charge in [-0.1, -0.05) is 54.3 Å². The third-order valence-electron chi connectivity index (χ3n) is 6.24. The van der Waals surface area contributed by atoms with Crippen molar-refractivity contribution in [1.82, 2.24) is 4.48 Å². The molecule has 32 heavy (non-hydrogen) atoms. The molecule has 3 heteroatoms. The van der Waals surface area contributed by atoms with E-state index in [0.29, 0.717) is 0 Å². The van der Waals surface area contributed by atoms with Crippen LogP contribution in [0.2, 0.25) is 0 Å². The fraction of sp³-hybridized carbons (Fsp3) is 0.172. The molecule has 0 aromatic heterocycles. The van der Waals surface area contributed by atoms with E-state index in [2.05, 4.69) is 123 Å². The molecule has 5 rings (SSSR count). The smallest absolute Gasteiger partial charge is 0.137 e. The second-order valence-corrected chi connectivity index (χ2v) is 9.98. The Morgan fingerprint density at radius 3 is 2.09 bits per heavy atom. The molecular weight excluding hydrogens is 408 g/mol. The normalized spacial score (nSPS) is 15.8. The van der Waals surface area contributed by atoms with Gasteiger partial charge in [-0.2, -0.15) is 0 Å². The van der Waals surface area contributed by atoms with Crippen molar-refractivity contribution in [1.29, 1.82) is 0 Å². The summed E-state index contributed by atoms with van der Waals surface area (Å²) in [5, 5.41) is 0. The van der Waals surface area contributed by atoms with Gasteiger partial charge in [0.15, 0.2) is 0 Å². The fourth-order valence-corrected chi connectivity index (χ4v) is 5.60. The highest BCUT2D eigenvalue weighted by molar-refractivity contribution is 7.99. The lowest BCUT2D eigenvalue weighted by atomic mass is 9.99. The maximum atomic E-state index is 2.38. The lowest BCUT2D eigenvalue weighted by Gasteiger charge is -2.33. The molecule has 0 saturated heterocycles. The largest absolute Gasteiger partial charge is 0.308 e. The van der Waals surface area contributed by atoms with Crippen molar-refractivity contribution < 1.29 is 0 Å². The summed E-state index contributed by atoms with van der Waals surface area (Å²) in [6.07, 6.45) is 11.3. The SMILES string of the molecule is CC(=C[N+](C)(C)c1ccc(N2c3ccccc3Sc3ccccc32)cc1)C1=CC=CCC1.